The highest BCUT2D eigenvalue weighted by atomic mass is 19.1. The zero-order chi connectivity index (χ0) is 24.2. The Morgan fingerprint density at radius 1 is 1.29 bits per heavy atom. The van der Waals surface area contributed by atoms with Crippen molar-refractivity contribution >= 4 is 17.5 Å². The van der Waals surface area contributed by atoms with E-state index in [0.29, 0.717) is 43.9 Å². The molecule has 1 aliphatic rings. The second-order valence-electron chi connectivity index (χ2n) is 8.08. The summed E-state index contributed by atoms with van der Waals surface area (Å²) in [6.45, 7) is 3.09. The molecule has 1 aliphatic heterocycles. The molecule has 3 heterocycles. The summed E-state index contributed by atoms with van der Waals surface area (Å²) in [5.74, 6) is -0.912. The molecule has 34 heavy (non-hydrogen) atoms. The number of piperazine rings is 1. The summed E-state index contributed by atoms with van der Waals surface area (Å²) >= 11 is 0. The first kappa shape index (κ1) is 23.2. The summed E-state index contributed by atoms with van der Waals surface area (Å²) in [5, 5.41) is 2.52. The highest BCUT2D eigenvalue weighted by molar-refractivity contribution is 5.82. The largest absolute Gasteiger partial charge is 0.366 e. The standard InChI is InChI=1S/C22H26FN7O4/c1-14(31)27-13-30-11-17(22(33)34-30)15-2-3-20(18(23)8-15)28-4-6-29(7-5-28)21(32)19(24)9-16-10-25-12-26-16/h2-3,8,10-12,19H,4-7,9,13,24H2,1H3,(H,25,26)(H,27,31). The van der Waals surface area contributed by atoms with Crippen molar-refractivity contribution in [1.82, 2.24) is 24.9 Å². The third-order valence-corrected chi connectivity index (χ3v) is 5.67. The van der Waals surface area contributed by atoms with Crippen molar-refractivity contribution in [3.8, 4) is 11.1 Å². The number of hydrogen-bond acceptors (Lipinski definition) is 7. The number of nitrogens with two attached hydrogens (primary N) is 1. The van der Waals surface area contributed by atoms with E-state index in [0.717, 1.165) is 5.69 Å². The number of aromatic nitrogens is 3. The van der Waals surface area contributed by atoms with E-state index in [-0.39, 0.29) is 24.0 Å². The molecule has 1 saturated heterocycles. The molecule has 1 fully saturated rings. The van der Waals surface area contributed by atoms with Crippen molar-refractivity contribution in [2.75, 3.05) is 31.1 Å². The van der Waals surface area contributed by atoms with Crippen LogP contribution in [0.5, 0.6) is 0 Å². The summed E-state index contributed by atoms with van der Waals surface area (Å²) in [7, 11) is 0. The summed E-state index contributed by atoms with van der Waals surface area (Å²) in [5.41, 5.74) is 7.10. The number of amides is 2. The Labute approximate surface area is 194 Å². The maximum Gasteiger partial charge on any atom is 0.365 e. The molecule has 0 bridgehead atoms. The maximum atomic E-state index is 15.0. The summed E-state index contributed by atoms with van der Waals surface area (Å²) in [6, 6.07) is 3.85. The lowest BCUT2D eigenvalue weighted by atomic mass is 10.1. The molecule has 2 aromatic heterocycles. The minimum absolute atomic E-state index is 0.000501. The number of carbonyl (C=O) groups is 2. The molecule has 180 valence electrons. The highest BCUT2D eigenvalue weighted by Crippen LogP contribution is 2.26. The van der Waals surface area contributed by atoms with Crippen molar-refractivity contribution in [3.05, 3.63) is 58.9 Å². The molecule has 0 saturated carbocycles. The van der Waals surface area contributed by atoms with E-state index in [1.807, 2.05) is 4.90 Å². The fraction of sp³-hybridized carbons (Fsp3) is 0.364. The molecule has 0 aliphatic carbocycles. The van der Waals surface area contributed by atoms with Gasteiger partial charge in [-0.25, -0.2) is 14.2 Å². The van der Waals surface area contributed by atoms with Gasteiger partial charge in [0.1, 0.15) is 12.5 Å². The Balaban J connectivity index is 1.38. The van der Waals surface area contributed by atoms with Crippen molar-refractivity contribution in [3.63, 3.8) is 0 Å². The van der Waals surface area contributed by atoms with Crippen LogP contribution in [0.3, 0.4) is 0 Å². The van der Waals surface area contributed by atoms with Crippen LogP contribution in [0.2, 0.25) is 0 Å². The van der Waals surface area contributed by atoms with E-state index in [4.69, 9.17) is 10.3 Å². The Bertz CT molecular complexity index is 1210. The van der Waals surface area contributed by atoms with E-state index >= 15 is 0 Å². The monoisotopic (exact) mass is 471 g/mol. The van der Waals surface area contributed by atoms with Crippen LogP contribution < -0.4 is 21.6 Å². The van der Waals surface area contributed by atoms with Crippen LogP contribution in [-0.4, -0.2) is 63.6 Å². The van der Waals surface area contributed by atoms with Crippen molar-refractivity contribution in [2.45, 2.75) is 26.1 Å². The first-order valence-electron chi connectivity index (χ1n) is 10.8. The van der Waals surface area contributed by atoms with Crippen LogP contribution in [0.25, 0.3) is 11.1 Å². The second kappa shape index (κ2) is 9.91. The zero-order valence-electron chi connectivity index (χ0n) is 18.7. The molecule has 11 nitrogen and oxygen atoms in total. The van der Waals surface area contributed by atoms with Crippen LogP contribution >= 0.6 is 0 Å². The summed E-state index contributed by atoms with van der Waals surface area (Å²) in [6.07, 6.45) is 5.01. The van der Waals surface area contributed by atoms with Gasteiger partial charge in [-0.2, -0.15) is 4.74 Å². The van der Waals surface area contributed by atoms with Crippen molar-refractivity contribution in [1.29, 1.82) is 0 Å². The molecular formula is C22H26FN7O4. The van der Waals surface area contributed by atoms with Crippen LogP contribution in [0.1, 0.15) is 12.6 Å². The molecule has 4 rings (SSSR count). The third kappa shape index (κ3) is 5.17. The van der Waals surface area contributed by atoms with Gasteiger partial charge in [0, 0.05) is 45.7 Å². The lowest BCUT2D eigenvalue weighted by Crippen LogP contribution is -2.53. The minimum atomic E-state index is -0.685. The predicted octanol–water partition coefficient (Wildman–Crippen LogP) is 0.283. The number of aromatic amines is 1. The Kier molecular flexibility index (Phi) is 6.77. The lowest BCUT2D eigenvalue weighted by Gasteiger charge is -2.37. The second-order valence-corrected chi connectivity index (χ2v) is 8.08. The first-order chi connectivity index (χ1) is 16.3. The van der Waals surface area contributed by atoms with Crippen molar-refractivity contribution in [2.24, 2.45) is 5.73 Å². The number of anilines is 1. The summed E-state index contributed by atoms with van der Waals surface area (Å²) in [4.78, 5) is 46.3. The average molecular weight is 471 g/mol. The van der Waals surface area contributed by atoms with Crippen LogP contribution in [0, 0.1) is 5.82 Å². The van der Waals surface area contributed by atoms with Gasteiger partial charge in [0.25, 0.3) is 0 Å². The topological polar surface area (TPSA) is 142 Å². The van der Waals surface area contributed by atoms with Gasteiger partial charge in [-0.3, -0.25) is 9.59 Å². The fourth-order valence-corrected chi connectivity index (χ4v) is 3.89. The third-order valence-electron chi connectivity index (χ3n) is 5.67. The minimum Gasteiger partial charge on any atom is -0.366 e. The molecule has 2 amide bonds. The predicted molar refractivity (Wildman–Crippen MR) is 121 cm³/mol. The SMILES string of the molecule is CC(=O)NCn1cc(-c2ccc(N3CCN(C(=O)C(N)Cc4c[nH]cn4)CC3)c(F)c2)c(=O)o1. The fourth-order valence-electron chi connectivity index (χ4n) is 3.89. The molecule has 12 heteroatoms. The van der Waals surface area contributed by atoms with Crippen molar-refractivity contribution < 1.29 is 18.5 Å². The lowest BCUT2D eigenvalue weighted by molar-refractivity contribution is -0.132. The number of nitrogens with zero attached hydrogens (tertiary/aromatic N) is 4. The zero-order valence-corrected chi connectivity index (χ0v) is 18.7. The van der Waals surface area contributed by atoms with Gasteiger partial charge in [-0.1, -0.05) is 6.07 Å². The van der Waals surface area contributed by atoms with E-state index in [9.17, 15) is 18.8 Å². The number of H-pyrrole nitrogens is 1. The number of halogens is 1. The molecule has 3 aromatic rings. The quantitative estimate of drug-likeness (QED) is 0.449. The number of hydrogen-bond donors (Lipinski definition) is 3. The van der Waals surface area contributed by atoms with E-state index in [2.05, 4.69) is 15.3 Å². The smallest absolute Gasteiger partial charge is 0.365 e. The van der Waals surface area contributed by atoms with Gasteiger partial charge in [-0.15, -0.1) is 0 Å². The van der Waals surface area contributed by atoms with Gasteiger partial charge in [0.2, 0.25) is 11.8 Å². The van der Waals surface area contributed by atoms with Gasteiger partial charge in [0.05, 0.1) is 35.5 Å². The first-order valence-corrected chi connectivity index (χ1v) is 10.8. The number of rotatable bonds is 7. The number of nitrogens with one attached hydrogen (secondary N) is 2. The molecule has 0 spiro atoms. The highest BCUT2D eigenvalue weighted by Gasteiger charge is 2.27. The van der Waals surface area contributed by atoms with E-state index in [1.165, 1.54) is 23.9 Å². The van der Waals surface area contributed by atoms with Crippen LogP contribution in [-0.2, 0) is 22.7 Å². The molecule has 1 atom stereocenters. The van der Waals surface area contributed by atoms with E-state index < -0.39 is 17.5 Å². The Morgan fingerprint density at radius 3 is 2.71 bits per heavy atom. The van der Waals surface area contributed by atoms with Crippen LogP contribution in [0.15, 0.2) is 46.2 Å². The Morgan fingerprint density at radius 2 is 2.06 bits per heavy atom. The Hall–Kier alpha value is -3.93. The number of carbonyl (C=O) groups excluding carboxylic acids is 2. The maximum absolute atomic E-state index is 15.0. The molecule has 1 unspecified atom stereocenters. The van der Waals surface area contributed by atoms with Gasteiger partial charge >= 0.3 is 5.63 Å². The molecule has 4 N–H and O–H groups in total. The van der Waals surface area contributed by atoms with E-state index in [1.54, 1.807) is 29.6 Å². The number of benzene rings is 1. The van der Waals surface area contributed by atoms with Gasteiger partial charge in [-0.05, 0) is 17.7 Å². The van der Waals surface area contributed by atoms with Crippen LogP contribution in [0.4, 0.5) is 10.1 Å². The molecular weight excluding hydrogens is 445 g/mol. The number of imidazole rings is 1. The molecule has 1 aromatic carbocycles. The average Bonchev–Trinajstić information content (AvgIpc) is 3.46. The normalized spacial score (nSPS) is 14.8. The van der Waals surface area contributed by atoms with Gasteiger partial charge < -0.3 is 30.4 Å². The van der Waals surface area contributed by atoms with Gasteiger partial charge in [0.15, 0.2) is 0 Å². The molecule has 0 radical (unpaired) electrons. The summed E-state index contributed by atoms with van der Waals surface area (Å²) < 4.78 is 21.2.